The Hall–Kier alpha value is -2.97. The number of hydrogen-bond acceptors (Lipinski definition) is 7. The maximum Gasteiger partial charge on any atom is 0.263 e. The molecule has 31 heavy (non-hydrogen) atoms. The van der Waals surface area contributed by atoms with Crippen LogP contribution in [-0.4, -0.2) is 32.4 Å². The zero-order valence-corrected chi connectivity index (χ0v) is 18.0. The van der Waals surface area contributed by atoms with Crippen LogP contribution in [0.25, 0.3) is 22.3 Å². The third kappa shape index (κ3) is 4.26. The van der Waals surface area contributed by atoms with Crippen molar-refractivity contribution >= 4 is 22.8 Å². The second-order valence-electron chi connectivity index (χ2n) is 7.65. The van der Waals surface area contributed by atoms with Crippen LogP contribution in [0.2, 0.25) is 0 Å². The van der Waals surface area contributed by atoms with Crippen molar-refractivity contribution in [2.24, 2.45) is 0 Å². The molecule has 0 amide bonds. The number of benzene rings is 1. The van der Waals surface area contributed by atoms with Gasteiger partial charge in [0.25, 0.3) is 5.56 Å². The van der Waals surface area contributed by atoms with E-state index in [1.54, 1.807) is 22.9 Å². The molecule has 0 radical (unpaired) electrons. The lowest BCUT2D eigenvalue weighted by atomic mass is 10.1. The Morgan fingerprint density at radius 3 is 2.90 bits per heavy atom. The first-order valence-electron chi connectivity index (χ1n) is 10.3. The molecule has 0 spiro atoms. The van der Waals surface area contributed by atoms with Crippen LogP contribution in [0.3, 0.4) is 0 Å². The van der Waals surface area contributed by atoms with E-state index < -0.39 is 0 Å². The topological polar surface area (TPSA) is 83.0 Å². The van der Waals surface area contributed by atoms with Gasteiger partial charge < -0.3 is 9.26 Å². The third-order valence-corrected chi connectivity index (χ3v) is 6.35. The maximum absolute atomic E-state index is 13.1. The van der Waals surface area contributed by atoms with Crippen LogP contribution in [-0.2, 0) is 17.0 Å². The molecular weight excluding hydrogens is 412 g/mol. The summed E-state index contributed by atoms with van der Waals surface area (Å²) in [7, 11) is 0. The van der Waals surface area contributed by atoms with Crippen LogP contribution in [0.15, 0.2) is 63.1 Å². The predicted octanol–water partition coefficient (Wildman–Crippen LogP) is 4.23. The van der Waals surface area contributed by atoms with Crippen molar-refractivity contribution in [2.75, 3.05) is 6.61 Å². The molecule has 1 aromatic carbocycles. The molecule has 3 aromatic heterocycles. The molecule has 1 saturated heterocycles. The first kappa shape index (κ1) is 20.0. The van der Waals surface area contributed by atoms with Gasteiger partial charge in [0.1, 0.15) is 11.5 Å². The van der Waals surface area contributed by atoms with E-state index in [1.807, 2.05) is 30.3 Å². The highest BCUT2D eigenvalue weighted by Gasteiger charge is 2.21. The fraction of sp³-hybridized carbons (Fsp3) is 0.304. The molecule has 4 heterocycles. The minimum absolute atomic E-state index is 0.0337. The summed E-state index contributed by atoms with van der Waals surface area (Å²) < 4.78 is 13.0. The Morgan fingerprint density at radius 2 is 2.10 bits per heavy atom. The lowest BCUT2D eigenvalue weighted by Crippen LogP contribution is -2.29. The van der Waals surface area contributed by atoms with Crippen LogP contribution < -0.4 is 5.56 Å². The van der Waals surface area contributed by atoms with Crippen LogP contribution in [0.1, 0.15) is 24.2 Å². The molecule has 0 aliphatic carbocycles. The third-order valence-electron chi connectivity index (χ3n) is 5.35. The summed E-state index contributed by atoms with van der Waals surface area (Å²) in [6, 6.07) is 13.6. The number of ether oxygens (including phenoxy) is 1. The molecular formula is C23H22N4O3S. The summed E-state index contributed by atoms with van der Waals surface area (Å²) in [4.78, 5) is 22.1. The van der Waals surface area contributed by atoms with E-state index in [2.05, 4.69) is 22.0 Å². The highest BCUT2D eigenvalue weighted by molar-refractivity contribution is 7.98. The van der Waals surface area contributed by atoms with E-state index in [9.17, 15) is 4.79 Å². The second kappa shape index (κ2) is 8.64. The summed E-state index contributed by atoms with van der Waals surface area (Å²) >= 11 is 1.45. The number of pyridine rings is 1. The van der Waals surface area contributed by atoms with Gasteiger partial charge in [-0.1, -0.05) is 46.7 Å². The molecule has 7 nitrogen and oxygen atoms in total. The minimum Gasteiger partial charge on any atom is -0.376 e. The van der Waals surface area contributed by atoms with Crippen LogP contribution in [0, 0.1) is 6.92 Å². The van der Waals surface area contributed by atoms with Crippen LogP contribution >= 0.6 is 11.8 Å². The molecule has 1 fully saturated rings. The molecule has 1 aliphatic rings. The van der Waals surface area contributed by atoms with Crippen molar-refractivity contribution in [3.8, 4) is 11.3 Å². The number of aromatic nitrogens is 4. The number of thioether (sulfide) groups is 1. The average Bonchev–Trinajstić information content (AvgIpc) is 3.47. The fourth-order valence-electron chi connectivity index (χ4n) is 3.68. The van der Waals surface area contributed by atoms with Crippen molar-refractivity contribution in [2.45, 2.75) is 43.3 Å². The van der Waals surface area contributed by atoms with Crippen molar-refractivity contribution in [3.63, 3.8) is 0 Å². The average molecular weight is 435 g/mol. The zero-order valence-electron chi connectivity index (χ0n) is 17.2. The number of rotatable bonds is 6. The normalized spacial score (nSPS) is 16.2. The lowest BCUT2D eigenvalue weighted by molar-refractivity contribution is 0.0937. The standard InChI is InChI=1S/C23H22N4O3S/c1-15-6-8-16(9-7-15)20-12-18(30-26-20)14-31-23-25-21-19(5-2-10-24-21)22(28)27(23)13-17-4-3-11-29-17/h2,5-10,12,17H,3-4,11,13-14H2,1H3. The second-order valence-corrected chi connectivity index (χ2v) is 8.60. The van der Waals surface area contributed by atoms with Gasteiger partial charge in [-0.3, -0.25) is 9.36 Å². The summed E-state index contributed by atoms with van der Waals surface area (Å²) in [5.74, 6) is 1.23. The van der Waals surface area contributed by atoms with Gasteiger partial charge in [0.15, 0.2) is 10.8 Å². The van der Waals surface area contributed by atoms with Crippen LogP contribution in [0.5, 0.6) is 0 Å². The van der Waals surface area contributed by atoms with Crippen LogP contribution in [0.4, 0.5) is 0 Å². The maximum atomic E-state index is 13.1. The van der Waals surface area contributed by atoms with Gasteiger partial charge in [-0.05, 0) is 31.9 Å². The quantitative estimate of drug-likeness (QED) is 0.332. The number of hydrogen-bond donors (Lipinski definition) is 0. The minimum atomic E-state index is -0.0889. The summed E-state index contributed by atoms with van der Waals surface area (Å²) in [5, 5.41) is 5.32. The molecule has 1 atom stereocenters. The van der Waals surface area contributed by atoms with Crippen molar-refractivity contribution in [3.05, 3.63) is 70.3 Å². The Bertz CT molecular complexity index is 1260. The fourth-order valence-corrected chi connectivity index (χ4v) is 4.55. The molecule has 4 aromatic rings. The summed E-state index contributed by atoms with van der Waals surface area (Å²) in [6.45, 7) is 3.28. The monoisotopic (exact) mass is 434 g/mol. The molecule has 0 bridgehead atoms. The zero-order chi connectivity index (χ0) is 21.2. The van der Waals surface area contributed by atoms with E-state index in [4.69, 9.17) is 9.26 Å². The van der Waals surface area contributed by atoms with Gasteiger partial charge in [-0.25, -0.2) is 9.97 Å². The Balaban J connectivity index is 1.41. The van der Waals surface area contributed by atoms with Crippen molar-refractivity contribution in [1.82, 2.24) is 19.7 Å². The SMILES string of the molecule is Cc1ccc(-c2cc(CSc3nc4ncccc4c(=O)n3CC3CCCO3)on2)cc1. The first-order chi connectivity index (χ1) is 15.2. The Morgan fingerprint density at radius 1 is 1.23 bits per heavy atom. The lowest BCUT2D eigenvalue weighted by Gasteiger charge is -2.15. The smallest absolute Gasteiger partial charge is 0.263 e. The van der Waals surface area contributed by atoms with Gasteiger partial charge in [0, 0.05) is 24.4 Å². The molecule has 0 saturated carbocycles. The van der Waals surface area contributed by atoms with Gasteiger partial charge in [0.2, 0.25) is 0 Å². The highest BCUT2D eigenvalue weighted by Crippen LogP contribution is 2.26. The van der Waals surface area contributed by atoms with Crippen molar-refractivity contribution in [1.29, 1.82) is 0 Å². The summed E-state index contributed by atoms with van der Waals surface area (Å²) in [5.41, 5.74) is 3.36. The molecule has 158 valence electrons. The molecule has 5 rings (SSSR count). The number of fused-ring (bicyclic) bond motifs is 1. The molecule has 0 N–H and O–H groups in total. The number of nitrogens with zero attached hydrogens (tertiary/aromatic N) is 4. The number of aryl methyl sites for hydroxylation is 1. The van der Waals surface area contributed by atoms with E-state index in [1.165, 1.54) is 17.3 Å². The summed E-state index contributed by atoms with van der Waals surface area (Å²) in [6.07, 6.45) is 3.65. The van der Waals surface area contributed by atoms with Gasteiger partial charge in [-0.15, -0.1) is 0 Å². The predicted molar refractivity (Wildman–Crippen MR) is 119 cm³/mol. The van der Waals surface area contributed by atoms with Gasteiger partial charge >= 0.3 is 0 Å². The van der Waals surface area contributed by atoms with Gasteiger partial charge in [0.05, 0.1) is 23.8 Å². The molecule has 1 aliphatic heterocycles. The highest BCUT2D eigenvalue weighted by atomic mass is 32.2. The van der Waals surface area contributed by atoms with Gasteiger partial charge in [-0.2, -0.15) is 0 Å². The van der Waals surface area contributed by atoms with E-state index in [0.29, 0.717) is 28.5 Å². The first-order valence-corrected chi connectivity index (χ1v) is 11.3. The Kier molecular flexibility index (Phi) is 5.57. The van der Waals surface area contributed by atoms with E-state index >= 15 is 0 Å². The van der Waals surface area contributed by atoms with E-state index in [0.717, 1.165) is 36.5 Å². The Labute approximate surface area is 183 Å². The van der Waals surface area contributed by atoms with E-state index in [-0.39, 0.29) is 11.7 Å². The largest absolute Gasteiger partial charge is 0.376 e. The van der Waals surface area contributed by atoms with Crippen molar-refractivity contribution < 1.29 is 9.26 Å². The molecule has 8 heteroatoms. The molecule has 1 unspecified atom stereocenters.